The molecular weight excluding hydrogens is 315 g/mol. The molecule has 24 heavy (non-hydrogen) atoms. The van der Waals surface area contributed by atoms with Gasteiger partial charge in [-0.3, -0.25) is 4.79 Å². The Hall–Kier alpha value is -2.48. The van der Waals surface area contributed by atoms with Gasteiger partial charge in [-0.1, -0.05) is 5.21 Å². The Morgan fingerprint density at radius 2 is 2.12 bits per heavy atom. The number of aliphatic hydroxyl groups is 1. The smallest absolute Gasteiger partial charge is 0.276 e. The van der Waals surface area contributed by atoms with Gasteiger partial charge in [-0.25, -0.2) is 9.07 Å². The molecule has 1 aliphatic rings. The Kier molecular flexibility index (Phi) is 4.48. The van der Waals surface area contributed by atoms with Crippen molar-refractivity contribution in [1.29, 1.82) is 0 Å². The molecule has 1 aliphatic heterocycles. The van der Waals surface area contributed by atoms with Crippen molar-refractivity contribution in [2.24, 2.45) is 0 Å². The predicted octanol–water partition coefficient (Wildman–Crippen LogP) is 1.13. The molecule has 8 heteroatoms. The number of carbonyl (C=O) groups excluding carboxylic acids is 1. The quantitative estimate of drug-likeness (QED) is 0.906. The van der Waals surface area contributed by atoms with Crippen LogP contribution < -0.4 is 4.74 Å². The molecule has 0 spiro atoms. The first-order chi connectivity index (χ1) is 11.5. The number of nitrogens with zero attached hydrogens (tertiary/aromatic N) is 4. The summed E-state index contributed by atoms with van der Waals surface area (Å²) in [5, 5.41) is 17.3. The Bertz CT molecular complexity index is 731. The van der Waals surface area contributed by atoms with E-state index in [-0.39, 0.29) is 25.3 Å². The summed E-state index contributed by atoms with van der Waals surface area (Å²) in [5.74, 6) is 0.302. The van der Waals surface area contributed by atoms with Crippen LogP contribution in [-0.2, 0) is 0 Å². The van der Waals surface area contributed by atoms with Gasteiger partial charge in [0.15, 0.2) is 5.69 Å². The van der Waals surface area contributed by atoms with Crippen molar-refractivity contribution < 1.29 is 19.0 Å². The summed E-state index contributed by atoms with van der Waals surface area (Å²) in [6.07, 6.45) is -0.975. The third-order valence-corrected chi connectivity index (χ3v) is 4.25. The van der Waals surface area contributed by atoms with Crippen LogP contribution in [0.25, 0.3) is 5.69 Å². The largest absolute Gasteiger partial charge is 0.497 e. The summed E-state index contributed by atoms with van der Waals surface area (Å²) in [6, 6.07) is 6.66. The summed E-state index contributed by atoms with van der Waals surface area (Å²) >= 11 is 0. The van der Waals surface area contributed by atoms with E-state index in [1.54, 1.807) is 43.0 Å². The van der Waals surface area contributed by atoms with Gasteiger partial charge in [-0.2, -0.15) is 0 Å². The van der Waals surface area contributed by atoms with Crippen LogP contribution in [0.5, 0.6) is 5.75 Å². The van der Waals surface area contributed by atoms with Gasteiger partial charge < -0.3 is 14.7 Å². The summed E-state index contributed by atoms with van der Waals surface area (Å²) < 4.78 is 20.2. The molecule has 1 amide bonds. The van der Waals surface area contributed by atoms with E-state index in [0.717, 1.165) is 5.69 Å². The average Bonchev–Trinajstić information content (AvgIpc) is 3.17. The van der Waals surface area contributed by atoms with E-state index >= 15 is 0 Å². The van der Waals surface area contributed by atoms with Gasteiger partial charge in [-0.15, -0.1) is 5.10 Å². The van der Waals surface area contributed by atoms with Crippen molar-refractivity contribution in [2.45, 2.75) is 25.6 Å². The number of rotatable bonds is 4. The highest BCUT2D eigenvalue weighted by Crippen LogP contribution is 2.23. The number of alkyl halides is 1. The van der Waals surface area contributed by atoms with Gasteiger partial charge in [0.2, 0.25) is 0 Å². The van der Waals surface area contributed by atoms with E-state index in [1.807, 2.05) is 0 Å². The number of benzene rings is 1. The Balaban J connectivity index is 1.87. The second kappa shape index (κ2) is 6.56. The monoisotopic (exact) mass is 334 g/mol. The maximum absolute atomic E-state index is 13.6. The molecule has 128 valence electrons. The fraction of sp³-hybridized carbons (Fsp3) is 0.438. The fourth-order valence-corrected chi connectivity index (χ4v) is 2.91. The Labute approximate surface area is 138 Å². The van der Waals surface area contributed by atoms with Gasteiger partial charge in [0.25, 0.3) is 5.91 Å². The summed E-state index contributed by atoms with van der Waals surface area (Å²) in [5.41, 5.74) is 1.46. The minimum absolute atomic E-state index is 0.0289. The standard InChI is InChI=1S/C16H19FN4O3/c1-10-15(16(23)20-8-11(17)7-13(20)9-22)18-19-21(10)12-3-5-14(24-2)6-4-12/h3-6,11,13,22H,7-9H2,1-2H3/t11-,13-/m0/s1. The van der Waals surface area contributed by atoms with Gasteiger partial charge >= 0.3 is 0 Å². The number of methoxy groups -OCH3 is 1. The van der Waals surface area contributed by atoms with E-state index in [0.29, 0.717) is 11.4 Å². The minimum Gasteiger partial charge on any atom is -0.497 e. The third kappa shape index (κ3) is 2.84. The van der Waals surface area contributed by atoms with Crippen LogP contribution in [0.3, 0.4) is 0 Å². The topological polar surface area (TPSA) is 80.5 Å². The summed E-state index contributed by atoms with van der Waals surface area (Å²) in [4.78, 5) is 14.0. The van der Waals surface area contributed by atoms with Crippen LogP contribution in [-0.4, -0.2) is 63.4 Å². The maximum atomic E-state index is 13.6. The molecule has 2 aromatic rings. The third-order valence-electron chi connectivity index (χ3n) is 4.25. The molecule has 2 atom stereocenters. The van der Waals surface area contributed by atoms with Crippen molar-refractivity contribution in [2.75, 3.05) is 20.3 Å². The number of likely N-dealkylation sites (tertiary alicyclic amines) is 1. The van der Waals surface area contributed by atoms with E-state index < -0.39 is 18.1 Å². The van der Waals surface area contributed by atoms with Crippen molar-refractivity contribution in [3.8, 4) is 11.4 Å². The lowest BCUT2D eigenvalue weighted by atomic mass is 10.2. The molecule has 3 rings (SSSR count). The molecule has 1 aromatic carbocycles. The van der Waals surface area contributed by atoms with Gasteiger partial charge in [0.1, 0.15) is 11.9 Å². The highest BCUT2D eigenvalue weighted by atomic mass is 19.1. The van der Waals surface area contributed by atoms with E-state index in [4.69, 9.17) is 4.74 Å². The number of ether oxygens (including phenoxy) is 1. The van der Waals surface area contributed by atoms with Crippen LogP contribution in [0.1, 0.15) is 22.6 Å². The van der Waals surface area contributed by atoms with Crippen molar-refractivity contribution in [1.82, 2.24) is 19.9 Å². The highest BCUT2D eigenvalue weighted by molar-refractivity contribution is 5.93. The number of hydrogen-bond donors (Lipinski definition) is 1. The first-order valence-corrected chi connectivity index (χ1v) is 7.67. The SMILES string of the molecule is COc1ccc(-n2nnc(C(=O)N3C[C@@H](F)C[C@H]3CO)c2C)cc1. The van der Waals surface area contributed by atoms with Crippen LogP contribution in [0.4, 0.5) is 4.39 Å². The second-order valence-corrected chi connectivity index (χ2v) is 5.76. The lowest BCUT2D eigenvalue weighted by molar-refractivity contribution is 0.0666. The summed E-state index contributed by atoms with van der Waals surface area (Å²) in [6.45, 7) is 1.44. The molecule has 0 saturated carbocycles. The average molecular weight is 334 g/mol. The first kappa shape index (κ1) is 16.4. The normalized spacial score (nSPS) is 20.4. The molecule has 0 aliphatic carbocycles. The second-order valence-electron chi connectivity index (χ2n) is 5.76. The number of amides is 1. The van der Waals surface area contributed by atoms with Gasteiger partial charge in [0.05, 0.1) is 37.7 Å². The lowest BCUT2D eigenvalue weighted by Crippen LogP contribution is -2.38. The maximum Gasteiger partial charge on any atom is 0.276 e. The van der Waals surface area contributed by atoms with Crippen molar-refractivity contribution >= 4 is 5.91 Å². The molecule has 1 N–H and O–H groups in total. The fourth-order valence-electron chi connectivity index (χ4n) is 2.91. The zero-order valence-corrected chi connectivity index (χ0v) is 13.5. The molecule has 0 bridgehead atoms. The molecule has 7 nitrogen and oxygen atoms in total. The Morgan fingerprint density at radius 1 is 1.42 bits per heavy atom. The molecule has 2 heterocycles. The Morgan fingerprint density at radius 3 is 2.75 bits per heavy atom. The molecule has 1 aromatic heterocycles. The lowest BCUT2D eigenvalue weighted by Gasteiger charge is -2.21. The number of aromatic nitrogens is 3. The number of halogens is 1. The summed E-state index contributed by atoms with van der Waals surface area (Å²) in [7, 11) is 1.58. The van der Waals surface area contributed by atoms with Crippen LogP contribution in [0.15, 0.2) is 24.3 Å². The first-order valence-electron chi connectivity index (χ1n) is 7.67. The zero-order chi connectivity index (χ0) is 17.3. The predicted molar refractivity (Wildman–Crippen MR) is 84.1 cm³/mol. The molecule has 0 unspecified atom stereocenters. The van der Waals surface area contributed by atoms with Crippen molar-refractivity contribution in [3.63, 3.8) is 0 Å². The van der Waals surface area contributed by atoms with Crippen LogP contribution in [0.2, 0.25) is 0 Å². The van der Waals surface area contributed by atoms with Crippen LogP contribution in [0, 0.1) is 6.92 Å². The van der Waals surface area contributed by atoms with E-state index in [2.05, 4.69) is 10.3 Å². The molecule has 1 fully saturated rings. The van der Waals surface area contributed by atoms with Gasteiger partial charge in [0, 0.05) is 6.42 Å². The number of aliphatic hydroxyl groups excluding tert-OH is 1. The van der Waals surface area contributed by atoms with Crippen molar-refractivity contribution in [3.05, 3.63) is 35.7 Å². The molecular formula is C16H19FN4O3. The minimum atomic E-state index is -1.12. The van der Waals surface area contributed by atoms with E-state index in [1.165, 1.54) is 4.90 Å². The van der Waals surface area contributed by atoms with Gasteiger partial charge in [-0.05, 0) is 31.2 Å². The van der Waals surface area contributed by atoms with Crippen LogP contribution >= 0.6 is 0 Å². The highest BCUT2D eigenvalue weighted by Gasteiger charge is 2.37. The number of hydrogen-bond acceptors (Lipinski definition) is 5. The van der Waals surface area contributed by atoms with E-state index in [9.17, 15) is 14.3 Å². The number of carbonyl (C=O) groups is 1. The molecule has 0 radical (unpaired) electrons. The zero-order valence-electron chi connectivity index (χ0n) is 13.5. The molecule has 1 saturated heterocycles.